The molecule has 1 atom stereocenters. The van der Waals surface area contributed by atoms with Gasteiger partial charge >= 0.3 is 5.97 Å². The Hall–Kier alpha value is -1.91. The second kappa shape index (κ2) is 6.31. The van der Waals surface area contributed by atoms with Crippen molar-refractivity contribution >= 4 is 11.9 Å². The smallest absolute Gasteiger partial charge is 0.303 e. The summed E-state index contributed by atoms with van der Waals surface area (Å²) >= 11 is 0. The molecule has 0 bridgehead atoms. The van der Waals surface area contributed by atoms with Crippen LogP contribution in [-0.4, -0.2) is 22.0 Å². The molecule has 5 heteroatoms. The van der Waals surface area contributed by atoms with Gasteiger partial charge in [0.25, 0.3) is 0 Å². The lowest BCUT2D eigenvalue weighted by Gasteiger charge is -2.15. The Morgan fingerprint density at radius 1 is 1.37 bits per heavy atom. The summed E-state index contributed by atoms with van der Waals surface area (Å²) in [6.45, 7) is 6.02. The molecule has 0 spiro atoms. The van der Waals surface area contributed by atoms with Crippen LogP contribution >= 0.6 is 0 Å². The Kier molecular flexibility index (Phi) is 5.03. The number of carbonyl (C=O) groups is 2. The molecule has 0 fully saturated rings. The van der Waals surface area contributed by atoms with Gasteiger partial charge < -0.3 is 10.8 Å². The molecule has 0 radical (unpaired) electrons. The second-order valence-electron chi connectivity index (χ2n) is 4.95. The van der Waals surface area contributed by atoms with Crippen LogP contribution in [0.25, 0.3) is 0 Å². The molecule has 0 aliphatic heterocycles. The van der Waals surface area contributed by atoms with Gasteiger partial charge in [-0.1, -0.05) is 19.9 Å². The maximum atomic E-state index is 11.4. The number of carboxylic acids is 1. The molecule has 1 heterocycles. The van der Waals surface area contributed by atoms with Crippen LogP contribution in [0.4, 0.5) is 0 Å². The van der Waals surface area contributed by atoms with Crippen molar-refractivity contribution in [3.05, 3.63) is 29.1 Å². The number of aryl methyl sites for hydroxylation is 1. The third-order valence-corrected chi connectivity index (χ3v) is 3.12. The topological polar surface area (TPSA) is 93.3 Å². The van der Waals surface area contributed by atoms with Crippen molar-refractivity contribution in [2.75, 3.05) is 0 Å². The molecule has 1 aromatic heterocycles. The summed E-state index contributed by atoms with van der Waals surface area (Å²) in [5, 5.41) is 8.69. The van der Waals surface area contributed by atoms with Crippen LogP contribution in [0, 0.1) is 6.92 Å². The van der Waals surface area contributed by atoms with E-state index >= 15 is 0 Å². The van der Waals surface area contributed by atoms with Crippen molar-refractivity contribution < 1.29 is 14.7 Å². The largest absolute Gasteiger partial charge is 0.481 e. The van der Waals surface area contributed by atoms with Crippen LogP contribution in [0.3, 0.4) is 0 Å². The van der Waals surface area contributed by atoms with E-state index in [0.29, 0.717) is 11.6 Å². The lowest BCUT2D eigenvalue weighted by atomic mass is 9.95. The first-order valence-electron chi connectivity index (χ1n) is 6.31. The van der Waals surface area contributed by atoms with Crippen molar-refractivity contribution in [1.29, 1.82) is 0 Å². The third-order valence-electron chi connectivity index (χ3n) is 3.12. The van der Waals surface area contributed by atoms with Gasteiger partial charge in [-0.05, 0) is 30.9 Å². The summed E-state index contributed by atoms with van der Waals surface area (Å²) in [4.78, 5) is 26.4. The zero-order chi connectivity index (χ0) is 14.6. The van der Waals surface area contributed by atoms with E-state index in [9.17, 15) is 9.59 Å². The molecule has 104 valence electrons. The number of carboxylic acid groups (broad SMARTS) is 1. The van der Waals surface area contributed by atoms with Crippen molar-refractivity contribution in [3.8, 4) is 0 Å². The molecule has 0 saturated carbocycles. The van der Waals surface area contributed by atoms with Crippen LogP contribution in [0.2, 0.25) is 0 Å². The predicted molar refractivity (Wildman–Crippen MR) is 71.9 cm³/mol. The molecule has 1 aromatic rings. The maximum absolute atomic E-state index is 11.4. The van der Waals surface area contributed by atoms with Crippen LogP contribution in [0.15, 0.2) is 12.1 Å². The molecule has 1 unspecified atom stereocenters. The Morgan fingerprint density at radius 3 is 2.42 bits per heavy atom. The lowest BCUT2D eigenvalue weighted by molar-refractivity contribution is -0.137. The summed E-state index contributed by atoms with van der Waals surface area (Å²) in [7, 11) is 0. The summed E-state index contributed by atoms with van der Waals surface area (Å²) in [5.74, 6) is -1.77. The fourth-order valence-corrected chi connectivity index (χ4v) is 2.10. The molecular weight excluding hydrogens is 244 g/mol. The van der Waals surface area contributed by atoms with Crippen molar-refractivity contribution in [2.24, 2.45) is 5.73 Å². The van der Waals surface area contributed by atoms with Gasteiger partial charge in [-0.2, -0.15) is 0 Å². The molecule has 0 saturated heterocycles. The average Bonchev–Trinajstić information content (AvgIpc) is 2.27. The number of nitrogens with zero attached hydrogens (tertiary/aromatic N) is 1. The van der Waals surface area contributed by atoms with E-state index in [-0.39, 0.29) is 12.8 Å². The normalized spacial score (nSPS) is 12.4. The summed E-state index contributed by atoms with van der Waals surface area (Å²) in [6.07, 6.45) is 0.0817. The van der Waals surface area contributed by atoms with E-state index in [2.05, 4.69) is 18.8 Å². The van der Waals surface area contributed by atoms with E-state index < -0.39 is 17.8 Å². The number of nitrogens with two attached hydrogens (primary N) is 1. The van der Waals surface area contributed by atoms with Crippen molar-refractivity contribution in [3.63, 3.8) is 0 Å². The zero-order valence-electron chi connectivity index (χ0n) is 11.5. The molecule has 0 aliphatic rings. The number of primary amides is 1. The van der Waals surface area contributed by atoms with Gasteiger partial charge in [-0.3, -0.25) is 14.6 Å². The fraction of sp³-hybridized carbons (Fsp3) is 0.500. The average molecular weight is 264 g/mol. The maximum Gasteiger partial charge on any atom is 0.303 e. The molecule has 19 heavy (non-hydrogen) atoms. The lowest BCUT2D eigenvalue weighted by Crippen LogP contribution is -2.23. The van der Waals surface area contributed by atoms with Crippen molar-refractivity contribution in [1.82, 2.24) is 4.98 Å². The second-order valence-corrected chi connectivity index (χ2v) is 4.95. The standard InChI is InChI=1S/C14H20N2O3/c1-8(2)10-4-6-12(16-9(10)3)11(14(15)19)5-7-13(17)18/h4,6,8,11H,5,7H2,1-3H3,(H2,15,19)(H,17,18). The Labute approximate surface area is 112 Å². The minimum Gasteiger partial charge on any atom is -0.481 e. The van der Waals surface area contributed by atoms with Gasteiger partial charge in [-0.25, -0.2) is 0 Å². The highest BCUT2D eigenvalue weighted by molar-refractivity contribution is 5.82. The molecule has 0 aromatic carbocycles. The van der Waals surface area contributed by atoms with E-state index in [0.717, 1.165) is 11.3 Å². The Bertz CT molecular complexity index is 484. The van der Waals surface area contributed by atoms with Gasteiger partial charge in [-0.15, -0.1) is 0 Å². The summed E-state index contributed by atoms with van der Waals surface area (Å²) < 4.78 is 0. The molecular formula is C14H20N2O3. The molecule has 3 N–H and O–H groups in total. The van der Waals surface area contributed by atoms with Crippen LogP contribution in [0.1, 0.15) is 55.5 Å². The van der Waals surface area contributed by atoms with E-state index in [1.54, 1.807) is 6.07 Å². The summed E-state index contributed by atoms with van der Waals surface area (Å²) in [5.41, 5.74) is 7.85. The van der Waals surface area contributed by atoms with Crippen LogP contribution in [0.5, 0.6) is 0 Å². The first-order valence-corrected chi connectivity index (χ1v) is 6.31. The number of rotatable bonds is 6. The van der Waals surface area contributed by atoms with Crippen molar-refractivity contribution in [2.45, 2.75) is 45.4 Å². The Balaban J connectivity index is 3.00. The zero-order valence-corrected chi connectivity index (χ0v) is 11.5. The number of aromatic nitrogens is 1. The SMILES string of the molecule is Cc1nc(C(CCC(=O)O)C(N)=O)ccc1C(C)C. The number of pyridine rings is 1. The first-order chi connectivity index (χ1) is 8.82. The number of amides is 1. The van der Waals surface area contributed by atoms with Crippen LogP contribution in [-0.2, 0) is 9.59 Å². The van der Waals surface area contributed by atoms with Gasteiger partial charge in [0.05, 0.1) is 11.6 Å². The van der Waals surface area contributed by atoms with Gasteiger partial charge in [0.1, 0.15) is 0 Å². The molecule has 1 rings (SSSR count). The predicted octanol–water partition coefficient (Wildman–Crippen LogP) is 1.95. The molecule has 0 aliphatic carbocycles. The number of aliphatic carboxylic acids is 1. The number of carbonyl (C=O) groups excluding carboxylic acids is 1. The molecule has 1 amide bonds. The van der Waals surface area contributed by atoms with E-state index in [1.807, 2.05) is 13.0 Å². The molecule has 5 nitrogen and oxygen atoms in total. The van der Waals surface area contributed by atoms with Gasteiger partial charge in [0, 0.05) is 12.1 Å². The highest BCUT2D eigenvalue weighted by atomic mass is 16.4. The van der Waals surface area contributed by atoms with E-state index in [1.165, 1.54) is 0 Å². The summed E-state index contributed by atoms with van der Waals surface area (Å²) in [6, 6.07) is 3.69. The van der Waals surface area contributed by atoms with E-state index in [4.69, 9.17) is 10.8 Å². The monoisotopic (exact) mass is 264 g/mol. The number of hydrogen-bond donors (Lipinski definition) is 2. The highest BCUT2D eigenvalue weighted by Crippen LogP contribution is 2.23. The van der Waals surface area contributed by atoms with Gasteiger partial charge in [0.15, 0.2) is 0 Å². The minimum atomic E-state index is -0.943. The quantitative estimate of drug-likeness (QED) is 0.821. The van der Waals surface area contributed by atoms with Crippen LogP contribution < -0.4 is 5.73 Å². The minimum absolute atomic E-state index is 0.0970. The highest BCUT2D eigenvalue weighted by Gasteiger charge is 2.21. The third kappa shape index (κ3) is 4.05. The first kappa shape index (κ1) is 15.1. The van der Waals surface area contributed by atoms with Gasteiger partial charge in [0.2, 0.25) is 5.91 Å². The Morgan fingerprint density at radius 2 is 2.00 bits per heavy atom. The number of hydrogen-bond acceptors (Lipinski definition) is 3. The fourth-order valence-electron chi connectivity index (χ4n) is 2.10.